The van der Waals surface area contributed by atoms with Crippen molar-refractivity contribution < 1.29 is 28.5 Å². The van der Waals surface area contributed by atoms with Gasteiger partial charge in [0.1, 0.15) is 0 Å². The Morgan fingerprint density at radius 2 is 1.69 bits per heavy atom. The van der Waals surface area contributed by atoms with Crippen molar-refractivity contribution in [1.82, 2.24) is 4.90 Å². The highest BCUT2D eigenvalue weighted by Gasteiger charge is 2.29. The van der Waals surface area contributed by atoms with Gasteiger partial charge in [0.2, 0.25) is 0 Å². The van der Waals surface area contributed by atoms with E-state index in [1.807, 2.05) is 50.3 Å². The van der Waals surface area contributed by atoms with E-state index in [0.29, 0.717) is 42.6 Å². The summed E-state index contributed by atoms with van der Waals surface area (Å²) in [5.41, 5.74) is 3.56. The van der Waals surface area contributed by atoms with Crippen LogP contribution < -0.4 is 18.9 Å². The highest BCUT2D eigenvalue weighted by atomic mass is 16.6. The largest absolute Gasteiger partial charge is 0.493 e. The average Bonchev–Trinajstić information content (AvgIpc) is 2.78. The summed E-state index contributed by atoms with van der Waals surface area (Å²) in [6.45, 7) is 6.55. The zero-order valence-corrected chi connectivity index (χ0v) is 19.6. The summed E-state index contributed by atoms with van der Waals surface area (Å²) in [7, 11) is 4.80. The smallest absolute Gasteiger partial charge is 0.414 e. The monoisotopic (exact) mass is 441 g/mol. The van der Waals surface area contributed by atoms with E-state index in [-0.39, 0.29) is 12.2 Å². The van der Waals surface area contributed by atoms with Gasteiger partial charge in [0.25, 0.3) is 0 Å². The first kappa shape index (κ1) is 23.3. The molecule has 0 saturated heterocycles. The predicted molar refractivity (Wildman–Crippen MR) is 124 cm³/mol. The molecule has 7 heteroatoms. The van der Waals surface area contributed by atoms with Crippen LogP contribution >= 0.6 is 0 Å². The summed E-state index contributed by atoms with van der Waals surface area (Å²) in [5.74, 6) is 2.55. The van der Waals surface area contributed by atoms with Crippen molar-refractivity contribution in [3.8, 4) is 23.0 Å². The van der Waals surface area contributed by atoms with Crippen LogP contribution in [0.4, 0.5) is 4.79 Å². The molecule has 2 aromatic rings. The molecule has 0 bridgehead atoms. The van der Waals surface area contributed by atoms with Crippen molar-refractivity contribution in [3.63, 3.8) is 0 Å². The van der Waals surface area contributed by atoms with E-state index in [9.17, 15) is 4.79 Å². The summed E-state index contributed by atoms with van der Waals surface area (Å²) >= 11 is 0. The Bertz CT molecular complexity index is 998. The number of hydrogen-bond donors (Lipinski definition) is 0. The maximum absolute atomic E-state index is 12.8. The van der Waals surface area contributed by atoms with E-state index in [0.717, 1.165) is 22.4 Å². The molecule has 0 aliphatic carbocycles. The molecule has 2 aromatic carbocycles. The van der Waals surface area contributed by atoms with Crippen LogP contribution in [0.5, 0.6) is 23.0 Å². The SMILES string of the molecule is CCOC(=O)N1CCc2cc(OC(C)C)c(OC)cc2/C1=C\c1ccc(OC)c(OC)c1. The first-order chi connectivity index (χ1) is 15.4. The zero-order valence-electron chi connectivity index (χ0n) is 19.6. The normalized spacial score (nSPS) is 14.2. The molecule has 0 radical (unpaired) electrons. The Morgan fingerprint density at radius 1 is 1.00 bits per heavy atom. The van der Waals surface area contributed by atoms with E-state index < -0.39 is 0 Å². The van der Waals surface area contributed by atoms with Crippen molar-refractivity contribution in [2.75, 3.05) is 34.5 Å². The Kier molecular flexibility index (Phi) is 7.51. The Hall–Kier alpha value is -3.35. The van der Waals surface area contributed by atoms with Gasteiger partial charge in [-0.05, 0) is 68.7 Å². The van der Waals surface area contributed by atoms with Crippen LogP contribution in [0.3, 0.4) is 0 Å². The molecule has 0 N–H and O–H groups in total. The number of nitrogens with zero attached hydrogens (tertiary/aromatic N) is 1. The van der Waals surface area contributed by atoms with Gasteiger partial charge in [0.15, 0.2) is 23.0 Å². The minimum atomic E-state index is -0.383. The molecule has 0 spiro atoms. The molecule has 172 valence electrons. The molecule has 1 amide bonds. The Labute approximate surface area is 189 Å². The molecule has 0 fully saturated rings. The van der Waals surface area contributed by atoms with Crippen molar-refractivity contribution in [1.29, 1.82) is 0 Å². The molecule has 0 atom stereocenters. The third-order valence-corrected chi connectivity index (χ3v) is 5.12. The van der Waals surface area contributed by atoms with Gasteiger partial charge < -0.3 is 23.7 Å². The van der Waals surface area contributed by atoms with Crippen LogP contribution in [0.25, 0.3) is 11.8 Å². The lowest BCUT2D eigenvalue weighted by molar-refractivity contribution is 0.125. The molecule has 1 aliphatic rings. The Morgan fingerprint density at radius 3 is 2.31 bits per heavy atom. The summed E-state index contributed by atoms with van der Waals surface area (Å²) < 4.78 is 27.7. The van der Waals surface area contributed by atoms with Gasteiger partial charge in [0.05, 0.1) is 39.7 Å². The van der Waals surface area contributed by atoms with Crippen molar-refractivity contribution >= 4 is 17.9 Å². The lowest BCUT2D eigenvalue weighted by Crippen LogP contribution is -2.35. The molecular weight excluding hydrogens is 410 g/mol. The third kappa shape index (κ3) is 4.93. The number of ether oxygens (including phenoxy) is 5. The van der Waals surface area contributed by atoms with Gasteiger partial charge in [-0.2, -0.15) is 0 Å². The minimum Gasteiger partial charge on any atom is -0.493 e. The van der Waals surface area contributed by atoms with Gasteiger partial charge in [-0.1, -0.05) is 6.07 Å². The Balaban J connectivity index is 2.15. The number of amides is 1. The van der Waals surface area contributed by atoms with E-state index in [1.165, 1.54) is 0 Å². The maximum atomic E-state index is 12.8. The summed E-state index contributed by atoms with van der Waals surface area (Å²) in [6, 6.07) is 9.55. The maximum Gasteiger partial charge on any atom is 0.414 e. The molecule has 1 heterocycles. The number of fused-ring (bicyclic) bond motifs is 1. The molecule has 7 nitrogen and oxygen atoms in total. The predicted octanol–water partition coefficient (Wildman–Crippen LogP) is 5.01. The third-order valence-electron chi connectivity index (χ3n) is 5.12. The van der Waals surface area contributed by atoms with Crippen LogP contribution in [0.15, 0.2) is 30.3 Å². The van der Waals surface area contributed by atoms with Gasteiger partial charge >= 0.3 is 6.09 Å². The van der Waals surface area contributed by atoms with Gasteiger partial charge in [0, 0.05) is 12.1 Å². The summed E-state index contributed by atoms with van der Waals surface area (Å²) in [6.07, 6.45) is 2.25. The second kappa shape index (κ2) is 10.3. The standard InChI is InChI=1S/C25H31NO6/c1-7-31-25(27)26-11-10-18-14-24(32-16(2)3)23(30-6)15-19(18)20(26)12-17-8-9-21(28-4)22(13-17)29-5/h8-9,12-16H,7,10-11H2,1-6H3/b20-12+. The van der Waals surface area contributed by atoms with Crippen LogP contribution in [-0.4, -0.2) is 51.6 Å². The van der Waals surface area contributed by atoms with Gasteiger partial charge in [-0.15, -0.1) is 0 Å². The van der Waals surface area contributed by atoms with Crippen LogP contribution in [0.2, 0.25) is 0 Å². The molecule has 0 unspecified atom stereocenters. The molecule has 32 heavy (non-hydrogen) atoms. The van der Waals surface area contributed by atoms with Crippen molar-refractivity contribution in [2.24, 2.45) is 0 Å². The van der Waals surface area contributed by atoms with Gasteiger partial charge in [-0.3, -0.25) is 4.90 Å². The summed E-state index contributed by atoms with van der Waals surface area (Å²) in [5, 5.41) is 0. The van der Waals surface area contributed by atoms with Crippen molar-refractivity contribution in [3.05, 3.63) is 47.0 Å². The lowest BCUT2D eigenvalue weighted by atomic mass is 9.94. The fourth-order valence-corrected chi connectivity index (χ4v) is 3.70. The molecule has 1 aliphatic heterocycles. The number of carbonyl (C=O) groups is 1. The zero-order chi connectivity index (χ0) is 23.3. The number of benzene rings is 2. The van der Waals surface area contributed by atoms with Crippen molar-refractivity contribution in [2.45, 2.75) is 33.3 Å². The number of hydrogen-bond acceptors (Lipinski definition) is 6. The highest BCUT2D eigenvalue weighted by molar-refractivity contribution is 5.92. The second-order valence-electron chi connectivity index (χ2n) is 7.57. The first-order valence-corrected chi connectivity index (χ1v) is 10.7. The highest BCUT2D eigenvalue weighted by Crippen LogP contribution is 2.40. The minimum absolute atomic E-state index is 0.0170. The molecule has 3 rings (SSSR count). The fourth-order valence-electron chi connectivity index (χ4n) is 3.70. The number of rotatable bonds is 7. The van der Waals surface area contributed by atoms with Crippen LogP contribution in [0, 0.1) is 0 Å². The second-order valence-corrected chi connectivity index (χ2v) is 7.57. The van der Waals surface area contributed by atoms with Gasteiger partial charge in [-0.25, -0.2) is 4.79 Å². The van der Waals surface area contributed by atoms with E-state index >= 15 is 0 Å². The van der Waals surface area contributed by atoms with E-state index in [1.54, 1.807) is 33.2 Å². The summed E-state index contributed by atoms with van der Waals surface area (Å²) in [4.78, 5) is 14.4. The van der Waals surface area contributed by atoms with E-state index in [4.69, 9.17) is 23.7 Å². The molecule has 0 saturated carbocycles. The average molecular weight is 442 g/mol. The van der Waals surface area contributed by atoms with E-state index in [2.05, 4.69) is 0 Å². The number of carbonyl (C=O) groups excluding carboxylic acids is 1. The lowest BCUT2D eigenvalue weighted by Gasteiger charge is -2.32. The van der Waals surface area contributed by atoms with Crippen LogP contribution in [0.1, 0.15) is 37.5 Å². The number of methoxy groups -OCH3 is 3. The topological polar surface area (TPSA) is 66.5 Å². The quantitative estimate of drug-likeness (QED) is 0.602. The molecule has 0 aromatic heterocycles. The fraction of sp³-hybridized carbons (Fsp3) is 0.400. The first-order valence-electron chi connectivity index (χ1n) is 10.7. The van der Waals surface area contributed by atoms with Crippen LogP contribution in [-0.2, 0) is 11.2 Å². The molecular formula is C25H31NO6.